The maximum Gasteiger partial charge on any atom is 0.404 e. The Kier molecular flexibility index (Phi) is 4.92. The summed E-state index contributed by atoms with van der Waals surface area (Å²) in [5, 5.41) is 22.5. The summed E-state index contributed by atoms with van der Waals surface area (Å²) in [4.78, 5) is 22.1. The first kappa shape index (κ1) is 18.9. The number of fused-ring (bicyclic) bond motifs is 1. The van der Waals surface area contributed by atoms with Gasteiger partial charge in [-0.2, -0.15) is 0 Å². The molecular weight excluding hydrogens is 375 g/mol. The van der Waals surface area contributed by atoms with Crippen molar-refractivity contribution in [3.05, 3.63) is 47.8 Å². The van der Waals surface area contributed by atoms with E-state index in [4.69, 9.17) is 5.11 Å². The summed E-state index contributed by atoms with van der Waals surface area (Å²) in [6.07, 6.45) is 0.261. The van der Waals surface area contributed by atoms with Crippen molar-refractivity contribution in [2.24, 2.45) is 0 Å². The fourth-order valence-electron chi connectivity index (χ4n) is 3.72. The molecule has 1 fully saturated rings. The number of halogens is 1. The lowest BCUT2D eigenvalue weighted by Crippen LogP contribution is -2.44. The van der Waals surface area contributed by atoms with E-state index in [2.05, 4.69) is 20.2 Å². The van der Waals surface area contributed by atoms with Crippen LogP contribution in [-0.2, 0) is 0 Å². The van der Waals surface area contributed by atoms with Crippen LogP contribution in [0.2, 0.25) is 0 Å². The van der Waals surface area contributed by atoms with Crippen LogP contribution in [0.4, 0.5) is 15.0 Å². The standard InChI is InChI=1S/C21H21FN4O3/c1-12-5-6-14-16(11-12)24-19(18-15(22)3-2-4-17(18)27)25-20(14)26-9-7-13(8-10-26)23-21(28)29/h2-6,11,13,23,27H,7-10H2,1H3,(H,28,29). The van der Waals surface area contributed by atoms with Crippen LogP contribution >= 0.6 is 0 Å². The average Bonchev–Trinajstić information content (AvgIpc) is 2.67. The molecule has 0 bridgehead atoms. The highest BCUT2D eigenvalue weighted by atomic mass is 19.1. The molecule has 4 rings (SSSR count). The van der Waals surface area contributed by atoms with Gasteiger partial charge in [-0.05, 0) is 49.6 Å². The quantitative estimate of drug-likeness (QED) is 0.625. The minimum Gasteiger partial charge on any atom is -0.507 e. The summed E-state index contributed by atoms with van der Waals surface area (Å²) in [6, 6.07) is 9.81. The van der Waals surface area contributed by atoms with E-state index in [1.54, 1.807) is 0 Å². The lowest BCUT2D eigenvalue weighted by molar-refractivity contribution is 0.187. The van der Waals surface area contributed by atoms with Crippen molar-refractivity contribution in [3.8, 4) is 17.1 Å². The molecule has 0 unspecified atom stereocenters. The van der Waals surface area contributed by atoms with Crippen molar-refractivity contribution < 1.29 is 19.4 Å². The zero-order valence-corrected chi connectivity index (χ0v) is 15.9. The molecule has 3 aromatic rings. The number of nitrogens with zero attached hydrogens (tertiary/aromatic N) is 3. The van der Waals surface area contributed by atoms with Gasteiger partial charge in [-0.1, -0.05) is 12.1 Å². The Morgan fingerprint density at radius 1 is 1.21 bits per heavy atom. The Hall–Kier alpha value is -3.42. The Bertz CT molecular complexity index is 1060. The fraction of sp³-hybridized carbons (Fsp3) is 0.286. The molecule has 0 aliphatic carbocycles. The molecule has 0 atom stereocenters. The lowest BCUT2D eigenvalue weighted by atomic mass is 10.0. The second-order valence-electron chi connectivity index (χ2n) is 7.24. The first-order valence-electron chi connectivity index (χ1n) is 9.43. The Balaban J connectivity index is 1.78. The largest absolute Gasteiger partial charge is 0.507 e. The number of nitrogens with one attached hydrogen (secondary N) is 1. The minimum atomic E-state index is -1.02. The maximum atomic E-state index is 14.4. The zero-order chi connectivity index (χ0) is 20.5. The van der Waals surface area contributed by atoms with Gasteiger partial charge >= 0.3 is 6.09 Å². The molecule has 1 amide bonds. The van der Waals surface area contributed by atoms with Crippen LogP contribution < -0.4 is 10.2 Å². The number of benzene rings is 2. The number of hydrogen-bond acceptors (Lipinski definition) is 5. The Morgan fingerprint density at radius 2 is 1.97 bits per heavy atom. The SMILES string of the molecule is Cc1ccc2c(N3CCC(NC(=O)O)CC3)nc(-c3c(O)cccc3F)nc2c1. The van der Waals surface area contributed by atoms with Gasteiger partial charge in [0.25, 0.3) is 0 Å². The first-order chi connectivity index (χ1) is 13.9. The number of rotatable bonds is 3. The Morgan fingerprint density at radius 3 is 2.66 bits per heavy atom. The van der Waals surface area contributed by atoms with E-state index < -0.39 is 11.9 Å². The van der Waals surface area contributed by atoms with Crippen LogP contribution in [-0.4, -0.2) is 45.4 Å². The number of anilines is 1. The van der Waals surface area contributed by atoms with E-state index in [9.17, 15) is 14.3 Å². The topological polar surface area (TPSA) is 98.6 Å². The second-order valence-corrected chi connectivity index (χ2v) is 7.24. The number of amides is 1. The van der Waals surface area contributed by atoms with Gasteiger partial charge in [0.05, 0.1) is 11.1 Å². The number of hydrogen-bond donors (Lipinski definition) is 3. The fourth-order valence-corrected chi connectivity index (χ4v) is 3.72. The third-order valence-corrected chi connectivity index (χ3v) is 5.17. The van der Waals surface area contributed by atoms with Crippen LogP contribution in [0, 0.1) is 12.7 Å². The third-order valence-electron chi connectivity index (χ3n) is 5.17. The van der Waals surface area contributed by atoms with Gasteiger partial charge in [-0.25, -0.2) is 19.2 Å². The van der Waals surface area contributed by atoms with Crippen LogP contribution in [0.1, 0.15) is 18.4 Å². The van der Waals surface area contributed by atoms with Crippen molar-refractivity contribution >= 4 is 22.8 Å². The summed E-state index contributed by atoms with van der Waals surface area (Å²) >= 11 is 0. The molecular formula is C21H21FN4O3. The van der Waals surface area contributed by atoms with Gasteiger partial charge in [0.15, 0.2) is 5.82 Å². The first-order valence-corrected chi connectivity index (χ1v) is 9.43. The average molecular weight is 396 g/mol. The maximum absolute atomic E-state index is 14.4. The number of aromatic nitrogens is 2. The highest BCUT2D eigenvalue weighted by Gasteiger charge is 2.24. The number of phenolic OH excluding ortho intramolecular Hbond substituents is 1. The number of aromatic hydroxyl groups is 1. The van der Waals surface area contributed by atoms with Crippen LogP contribution in [0.15, 0.2) is 36.4 Å². The van der Waals surface area contributed by atoms with Gasteiger partial charge in [-0.3, -0.25) is 0 Å². The van der Waals surface area contributed by atoms with E-state index in [-0.39, 0.29) is 23.2 Å². The molecule has 2 aromatic carbocycles. The molecule has 0 spiro atoms. The molecule has 2 heterocycles. The van der Waals surface area contributed by atoms with Crippen molar-refractivity contribution in [1.29, 1.82) is 0 Å². The monoisotopic (exact) mass is 396 g/mol. The molecule has 150 valence electrons. The summed E-state index contributed by atoms with van der Waals surface area (Å²) in [5.74, 6) is -0.0273. The highest BCUT2D eigenvalue weighted by molar-refractivity contribution is 5.92. The van der Waals surface area contributed by atoms with Crippen molar-refractivity contribution in [2.45, 2.75) is 25.8 Å². The number of carboxylic acid groups (broad SMARTS) is 1. The molecule has 0 saturated carbocycles. The van der Waals surface area contributed by atoms with E-state index in [1.165, 1.54) is 18.2 Å². The number of piperidine rings is 1. The molecule has 3 N–H and O–H groups in total. The number of phenols is 1. The predicted molar refractivity (Wildman–Crippen MR) is 108 cm³/mol. The Labute approximate surface area is 166 Å². The summed E-state index contributed by atoms with van der Waals surface area (Å²) < 4.78 is 14.4. The molecule has 1 saturated heterocycles. The van der Waals surface area contributed by atoms with Crippen LogP contribution in [0.3, 0.4) is 0 Å². The summed E-state index contributed by atoms with van der Waals surface area (Å²) in [6.45, 7) is 3.16. The number of aryl methyl sites for hydroxylation is 1. The smallest absolute Gasteiger partial charge is 0.404 e. The van der Waals surface area contributed by atoms with Crippen LogP contribution in [0.25, 0.3) is 22.3 Å². The molecule has 0 radical (unpaired) electrons. The number of carbonyl (C=O) groups is 1. The lowest BCUT2D eigenvalue weighted by Gasteiger charge is -2.33. The molecule has 1 aliphatic heterocycles. The predicted octanol–water partition coefficient (Wildman–Crippen LogP) is 3.69. The molecule has 8 heteroatoms. The van der Waals surface area contributed by atoms with Crippen LogP contribution in [0.5, 0.6) is 5.75 Å². The van der Waals surface area contributed by atoms with Gasteiger partial charge < -0.3 is 20.4 Å². The zero-order valence-electron chi connectivity index (χ0n) is 15.9. The van der Waals surface area contributed by atoms with Crippen molar-refractivity contribution in [2.75, 3.05) is 18.0 Å². The van der Waals surface area contributed by atoms with Crippen molar-refractivity contribution in [3.63, 3.8) is 0 Å². The third kappa shape index (κ3) is 3.78. The van der Waals surface area contributed by atoms with Gasteiger partial charge in [0, 0.05) is 24.5 Å². The normalized spacial score (nSPS) is 14.9. The highest BCUT2D eigenvalue weighted by Crippen LogP contribution is 2.34. The molecule has 7 nitrogen and oxygen atoms in total. The van der Waals surface area contributed by atoms with Crippen molar-refractivity contribution in [1.82, 2.24) is 15.3 Å². The molecule has 1 aromatic heterocycles. The van der Waals surface area contributed by atoms with E-state index in [0.29, 0.717) is 37.3 Å². The van der Waals surface area contributed by atoms with E-state index >= 15 is 0 Å². The van der Waals surface area contributed by atoms with Gasteiger partial charge in [0.2, 0.25) is 0 Å². The van der Waals surface area contributed by atoms with E-state index in [0.717, 1.165) is 10.9 Å². The van der Waals surface area contributed by atoms with E-state index in [1.807, 2.05) is 25.1 Å². The minimum absolute atomic E-state index is 0.0282. The summed E-state index contributed by atoms with van der Waals surface area (Å²) in [7, 11) is 0. The molecule has 29 heavy (non-hydrogen) atoms. The second kappa shape index (κ2) is 7.54. The van der Waals surface area contributed by atoms with Gasteiger partial charge in [0.1, 0.15) is 17.4 Å². The molecule has 1 aliphatic rings. The van der Waals surface area contributed by atoms with Gasteiger partial charge in [-0.15, -0.1) is 0 Å². The summed E-state index contributed by atoms with van der Waals surface area (Å²) in [5.41, 5.74) is 1.65.